The molecule has 6 heteroatoms. The van der Waals surface area contributed by atoms with Gasteiger partial charge in [0.25, 0.3) is 0 Å². The number of hydrogen-bond acceptors (Lipinski definition) is 4. The first-order valence-electron chi connectivity index (χ1n) is 4.96. The predicted molar refractivity (Wildman–Crippen MR) is 60.4 cm³/mol. The number of carbonyl (C=O) groups is 1. The summed E-state index contributed by atoms with van der Waals surface area (Å²) in [5, 5.41) is 33.9. The predicted octanol–water partition coefficient (Wildman–Crippen LogP) is -0.139. The van der Waals surface area contributed by atoms with Gasteiger partial charge < -0.3 is 20.2 Å². The van der Waals surface area contributed by atoms with Gasteiger partial charge in [-0.25, -0.2) is 0 Å². The van der Waals surface area contributed by atoms with Gasteiger partial charge in [0.2, 0.25) is 6.29 Å². The summed E-state index contributed by atoms with van der Waals surface area (Å²) in [4.78, 5) is 11.7. The third-order valence-corrected chi connectivity index (χ3v) is 2.13. The van der Waals surface area contributed by atoms with Gasteiger partial charge in [0.1, 0.15) is 6.54 Å². The Bertz CT molecular complexity index is 392. The van der Waals surface area contributed by atoms with Crippen molar-refractivity contribution in [1.29, 1.82) is 5.41 Å². The van der Waals surface area contributed by atoms with E-state index in [2.05, 4.69) is 0 Å². The van der Waals surface area contributed by atoms with Gasteiger partial charge in [0.15, 0.2) is 5.84 Å². The molecule has 0 aromatic heterocycles. The van der Waals surface area contributed by atoms with E-state index in [0.717, 1.165) is 10.5 Å². The quantitative estimate of drug-likeness (QED) is 0.325. The smallest absolute Gasteiger partial charge is 0.323 e. The van der Waals surface area contributed by atoms with Crippen molar-refractivity contribution in [3.05, 3.63) is 35.9 Å². The Morgan fingerprint density at radius 1 is 1.29 bits per heavy atom. The summed E-state index contributed by atoms with van der Waals surface area (Å²) in [6.07, 6.45) is -1.97. The summed E-state index contributed by atoms with van der Waals surface area (Å²) in [5.74, 6) is -1.66. The van der Waals surface area contributed by atoms with Crippen molar-refractivity contribution in [2.45, 2.75) is 12.8 Å². The largest absolute Gasteiger partial charge is 0.480 e. The van der Waals surface area contributed by atoms with Crippen LogP contribution < -0.4 is 0 Å². The SMILES string of the molecule is N=C(C(O)O)N(CC(=O)O)Cc1ccccc1. The molecule has 0 unspecified atom stereocenters. The average molecular weight is 238 g/mol. The van der Waals surface area contributed by atoms with Gasteiger partial charge in [0.05, 0.1) is 0 Å². The highest BCUT2D eigenvalue weighted by atomic mass is 16.5. The molecule has 0 radical (unpaired) electrons. The number of aliphatic carboxylic acids is 1. The van der Waals surface area contributed by atoms with E-state index in [1.165, 1.54) is 0 Å². The molecule has 0 spiro atoms. The topological polar surface area (TPSA) is 105 Å². The van der Waals surface area contributed by atoms with E-state index in [0.29, 0.717) is 0 Å². The Morgan fingerprint density at radius 3 is 2.35 bits per heavy atom. The van der Waals surface area contributed by atoms with Gasteiger partial charge in [-0.05, 0) is 5.56 Å². The number of nitrogens with one attached hydrogen (secondary N) is 1. The molecule has 1 aromatic carbocycles. The van der Waals surface area contributed by atoms with E-state index in [4.69, 9.17) is 20.7 Å². The van der Waals surface area contributed by atoms with E-state index in [1.54, 1.807) is 24.3 Å². The number of benzene rings is 1. The number of amidine groups is 1. The maximum Gasteiger partial charge on any atom is 0.323 e. The lowest BCUT2D eigenvalue weighted by molar-refractivity contribution is -0.137. The fourth-order valence-corrected chi connectivity index (χ4v) is 1.36. The van der Waals surface area contributed by atoms with Gasteiger partial charge in [-0.3, -0.25) is 10.2 Å². The zero-order chi connectivity index (χ0) is 12.8. The van der Waals surface area contributed by atoms with Crippen LogP contribution in [0.2, 0.25) is 0 Å². The summed E-state index contributed by atoms with van der Waals surface area (Å²) < 4.78 is 0. The minimum Gasteiger partial charge on any atom is -0.480 e. The molecule has 4 N–H and O–H groups in total. The number of carboxylic acid groups (broad SMARTS) is 1. The molecular formula is C11H14N2O4. The van der Waals surface area contributed by atoms with Gasteiger partial charge in [0, 0.05) is 6.54 Å². The van der Waals surface area contributed by atoms with Gasteiger partial charge >= 0.3 is 5.97 Å². The maximum absolute atomic E-state index is 10.6. The molecule has 0 fully saturated rings. The minimum absolute atomic E-state index is 0.142. The summed E-state index contributed by atoms with van der Waals surface area (Å²) >= 11 is 0. The molecule has 1 rings (SSSR count). The summed E-state index contributed by atoms with van der Waals surface area (Å²) in [7, 11) is 0. The fraction of sp³-hybridized carbons (Fsp3) is 0.273. The van der Waals surface area contributed by atoms with E-state index in [9.17, 15) is 4.79 Å². The molecule has 0 heterocycles. The van der Waals surface area contributed by atoms with Crippen LogP contribution in [0, 0.1) is 5.41 Å². The highest BCUT2D eigenvalue weighted by Crippen LogP contribution is 2.05. The Labute approximate surface area is 98.2 Å². The summed E-state index contributed by atoms with van der Waals surface area (Å²) in [5.41, 5.74) is 0.791. The number of rotatable bonds is 5. The summed E-state index contributed by atoms with van der Waals surface area (Å²) in [6, 6.07) is 8.93. The molecule has 0 saturated carbocycles. The first-order valence-corrected chi connectivity index (χ1v) is 4.96. The molecule has 92 valence electrons. The van der Waals surface area contributed by atoms with Crippen LogP contribution >= 0.6 is 0 Å². The van der Waals surface area contributed by atoms with E-state index >= 15 is 0 Å². The highest BCUT2D eigenvalue weighted by molar-refractivity contribution is 5.85. The molecule has 17 heavy (non-hydrogen) atoms. The molecule has 0 atom stereocenters. The first kappa shape index (κ1) is 13.1. The monoisotopic (exact) mass is 238 g/mol. The second-order valence-corrected chi connectivity index (χ2v) is 3.49. The Hall–Kier alpha value is -1.92. The van der Waals surface area contributed by atoms with Gasteiger partial charge in [-0.2, -0.15) is 0 Å². The van der Waals surface area contributed by atoms with Crippen molar-refractivity contribution in [2.24, 2.45) is 0 Å². The molecule has 1 aromatic rings. The molecule has 0 bridgehead atoms. The molecule has 0 amide bonds. The standard InChI is InChI=1S/C11H14N2O4/c12-10(11(16)17)13(7-9(14)15)6-8-4-2-1-3-5-8/h1-5,11-12,16-17H,6-7H2,(H,14,15). The molecule has 0 aliphatic heterocycles. The number of nitrogens with zero attached hydrogens (tertiary/aromatic N) is 1. The molecule has 0 aliphatic rings. The van der Waals surface area contributed by atoms with Crippen LogP contribution in [-0.4, -0.2) is 44.9 Å². The second-order valence-electron chi connectivity index (χ2n) is 3.49. The lowest BCUT2D eigenvalue weighted by atomic mass is 10.2. The Morgan fingerprint density at radius 2 is 1.88 bits per heavy atom. The van der Waals surface area contributed by atoms with Crippen molar-refractivity contribution in [1.82, 2.24) is 4.90 Å². The lowest BCUT2D eigenvalue weighted by Crippen LogP contribution is -2.41. The second kappa shape index (κ2) is 5.97. The fourth-order valence-electron chi connectivity index (χ4n) is 1.36. The maximum atomic E-state index is 10.6. The van der Waals surface area contributed by atoms with E-state index in [-0.39, 0.29) is 6.54 Å². The van der Waals surface area contributed by atoms with Crippen LogP contribution in [0.15, 0.2) is 30.3 Å². The Kier molecular flexibility index (Phi) is 4.62. The molecular weight excluding hydrogens is 224 g/mol. The molecule has 6 nitrogen and oxygen atoms in total. The average Bonchev–Trinajstić information content (AvgIpc) is 2.28. The summed E-state index contributed by atoms with van der Waals surface area (Å²) in [6.45, 7) is -0.311. The van der Waals surface area contributed by atoms with Crippen LogP contribution in [0.4, 0.5) is 0 Å². The van der Waals surface area contributed by atoms with E-state index < -0.39 is 24.6 Å². The third-order valence-electron chi connectivity index (χ3n) is 2.13. The lowest BCUT2D eigenvalue weighted by Gasteiger charge is -2.24. The number of carboxylic acids is 1. The van der Waals surface area contributed by atoms with Crippen LogP contribution in [-0.2, 0) is 11.3 Å². The molecule has 0 saturated heterocycles. The van der Waals surface area contributed by atoms with Crippen molar-refractivity contribution < 1.29 is 20.1 Å². The zero-order valence-corrected chi connectivity index (χ0v) is 9.08. The van der Waals surface area contributed by atoms with Gasteiger partial charge in [-0.1, -0.05) is 30.3 Å². The Balaban J connectivity index is 2.77. The molecule has 0 aliphatic carbocycles. The first-order chi connectivity index (χ1) is 8.00. The van der Waals surface area contributed by atoms with Crippen molar-refractivity contribution in [3.63, 3.8) is 0 Å². The van der Waals surface area contributed by atoms with E-state index in [1.807, 2.05) is 6.07 Å². The number of aliphatic hydroxyl groups is 2. The third kappa shape index (κ3) is 4.21. The zero-order valence-electron chi connectivity index (χ0n) is 9.08. The number of aliphatic hydroxyl groups excluding tert-OH is 1. The van der Waals surface area contributed by atoms with Crippen LogP contribution in [0.5, 0.6) is 0 Å². The van der Waals surface area contributed by atoms with Gasteiger partial charge in [-0.15, -0.1) is 0 Å². The normalized spacial score (nSPS) is 10.3. The van der Waals surface area contributed by atoms with Crippen LogP contribution in [0.25, 0.3) is 0 Å². The van der Waals surface area contributed by atoms with Crippen LogP contribution in [0.1, 0.15) is 5.56 Å². The number of hydrogen-bond donors (Lipinski definition) is 4. The van der Waals surface area contributed by atoms with Crippen molar-refractivity contribution >= 4 is 11.8 Å². The highest BCUT2D eigenvalue weighted by Gasteiger charge is 2.18. The van der Waals surface area contributed by atoms with Crippen molar-refractivity contribution in [3.8, 4) is 0 Å². The minimum atomic E-state index is -1.97. The van der Waals surface area contributed by atoms with Crippen LogP contribution in [0.3, 0.4) is 0 Å². The van der Waals surface area contributed by atoms with Crippen molar-refractivity contribution in [2.75, 3.05) is 6.54 Å².